The summed E-state index contributed by atoms with van der Waals surface area (Å²) in [4.78, 5) is 18.1. The van der Waals surface area contributed by atoms with Crippen LogP contribution in [0.5, 0.6) is 0 Å². The number of carboxylic acid groups (broad SMARTS) is 1. The zero-order valence-corrected chi connectivity index (χ0v) is 7.27. The van der Waals surface area contributed by atoms with Gasteiger partial charge >= 0.3 is 5.97 Å². The number of carboxylic acids is 1. The summed E-state index contributed by atoms with van der Waals surface area (Å²) in [6.07, 6.45) is 3.25. The highest BCUT2D eigenvalue weighted by Crippen LogP contribution is 2.00. The van der Waals surface area contributed by atoms with Gasteiger partial charge < -0.3 is 10.4 Å². The summed E-state index contributed by atoms with van der Waals surface area (Å²) >= 11 is 0. The van der Waals surface area contributed by atoms with E-state index < -0.39 is 5.97 Å². The molecule has 5 heteroatoms. The van der Waals surface area contributed by atoms with Gasteiger partial charge in [0.25, 0.3) is 0 Å². The molecule has 0 saturated carbocycles. The molecule has 1 heterocycles. The molecule has 0 spiro atoms. The Balaban J connectivity index is 2.45. The van der Waals surface area contributed by atoms with Crippen LogP contribution in [0.4, 0.5) is 5.95 Å². The van der Waals surface area contributed by atoms with Crippen molar-refractivity contribution >= 4 is 11.9 Å². The molecule has 0 aliphatic heterocycles. The van der Waals surface area contributed by atoms with E-state index in [-0.39, 0.29) is 12.5 Å². The molecule has 70 valence electrons. The van der Waals surface area contributed by atoms with Crippen molar-refractivity contribution in [3.8, 4) is 0 Å². The molecule has 0 amide bonds. The van der Waals surface area contributed by atoms with Crippen molar-refractivity contribution in [2.75, 3.05) is 5.32 Å². The second kappa shape index (κ2) is 4.39. The zero-order chi connectivity index (χ0) is 9.68. The van der Waals surface area contributed by atoms with Crippen LogP contribution >= 0.6 is 0 Å². The summed E-state index contributed by atoms with van der Waals surface area (Å²) in [5.74, 6) is -0.382. The first-order valence-electron chi connectivity index (χ1n) is 3.94. The molecule has 5 nitrogen and oxygen atoms in total. The van der Waals surface area contributed by atoms with Crippen LogP contribution < -0.4 is 5.32 Å². The average molecular weight is 181 g/mol. The van der Waals surface area contributed by atoms with Crippen molar-refractivity contribution in [3.63, 3.8) is 0 Å². The van der Waals surface area contributed by atoms with E-state index in [0.717, 1.165) is 0 Å². The average Bonchev–Trinajstić information content (AvgIpc) is 2.04. The van der Waals surface area contributed by atoms with Crippen molar-refractivity contribution in [1.29, 1.82) is 0 Å². The first-order chi connectivity index (χ1) is 6.18. The van der Waals surface area contributed by atoms with Gasteiger partial charge in [0.1, 0.15) is 0 Å². The molecular weight excluding hydrogens is 170 g/mol. The number of nitrogens with zero attached hydrogens (tertiary/aromatic N) is 2. The van der Waals surface area contributed by atoms with Crippen LogP contribution in [0.3, 0.4) is 0 Å². The van der Waals surface area contributed by atoms with Gasteiger partial charge in [0.2, 0.25) is 5.95 Å². The molecule has 0 aliphatic rings. The van der Waals surface area contributed by atoms with E-state index >= 15 is 0 Å². The Morgan fingerprint density at radius 2 is 2.23 bits per heavy atom. The number of anilines is 1. The number of rotatable bonds is 4. The maximum absolute atomic E-state index is 10.3. The van der Waals surface area contributed by atoms with Gasteiger partial charge in [-0.25, -0.2) is 9.97 Å². The Morgan fingerprint density at radius 1 is 1.62 bits per heavy atom. The molecule has 13 heavy (non-hydrogen) atoms. The molecule has 1 aromatic rings. The highest BCUT2D eigenvalue weighted by Gasteiger charge is 2.07. The molecule has 0 saturated heterocycles. The van der Waals surface area contributed by atoms with Crippen LogP contribution in [0.25, 0.3) is 0 Å². The number of nitrogens with one attached hydrogen (secondary N) is 1. The summed E-state index contributed by atoms with van der Waals surface area (Å²) < 4.78 is 0. The lowest BCUT2D eigenvalue weighted by molar-refractivity contribution is -0.137. The number of hydrogen-bond donors (Lipinski definition) is 2. The molecule has 0 aromatic carbocycles. The lowest BCUT2D eigenvalue weighted by Gasteiger charge is -2.09. The van der Waals surface area contributed by atoms with E-state index in [1.54, 1.807) is 25.4 Å². The normalized spacial score (nSPS) is 12.1. The molecule has 1 rings (SSSR count). The number of hydrogen-bond acceptors (Lipinski definition) is 4. The van der Waals surface area contributed by atoms with E-state index in [9.17, 15) is 4.79 Å². The van der Waals surface area contributed by atoms with Crippen LogP contribution in [0, 0.1) is 0 Å². The molecule has 1 unspecified atom stereocenters. The number of carbonyl (C=O) groups is 1. The molecule has 0 fully saturated rings. The van der Waals surface area contributed by atoms with E-state index in [1.807, 2.05) is 0 Å². The van der Waals surface area contributed by atoms with Crippen molar-refractivity contribution < 1.29 is 9.90 Å². The van der Waals surface area contributed by atoms with Crippen LogP contribution in [-0.4, -0.2) is 27.1 Å². The van der Waals surface area contributed by atoms with E-state index in [4.69, 9.17) is 5.11 Å². The largest absolute Gasteiger partial charge is 0.481 e. The van der Waals surface area contributed by atoms with E-state index in [1.165, 1.54) is 0 Å². The Kier molecular flexibility index (Phi) is 3.19. The maximum Gasteiger partial charge on any atom is 0.305 e. The first-order valence-corrected chi connectivity index (χ1v) is 3.94. The minimum atomic E-state index is -0.837. The minimum Gasteiger partial charge on any atom is -0.481 e. The lowest BCUT2D eigenvalue weighted by atomic mass is 10.2. The Bertz CT molecular complexity index is 276. The molecule has 0 aliphatic carbocycles. The minimum absolute atomic E-state index is 0.0538. The smallest absolute Gasteiger partial charge is 0.305 e. The van der Waals surface area contributed by atoms with E-state index in [0.29, 0.717) is 5.95 Å². The summed E-state index contributed by atoms with van der Waals surface area (Å²) in [6, 6.07) is 1.53. The summed E-state index contributed by atoms with van der Waals surface area (Å²) in [7, 11) is 0. The summed E-state index contributed by atoms with van der Waals surface area (Å²) in [5, 5.41) is 11.4. The standard InChI is InChI=1S/C8H11N3O2/c1-6(5-7(12)13)11-8-9-3-2-4-10-8/h2-4,6H,5H2,1H3,(H,12,13)(H,9,10,11). The fourth-order valence-electron chi connectivity index (χ4n) is 0.907. The second-order valence-corrected chi connectivity index (χ2v) is 2.72. The van der Waals surface area contributed by atoms with Gasteiger partial charge in [0.15, 0.2) is 0 Å². The van der Waals surface area contributed by atoms with Crippen LogP contribution in [0.15, 0.2) is 18.5 Å². The Morgan fingerprint density at radius 3 is 2.77 bits per heavy atom. The fraction of sp³-hybridized carbons (Fsp3) is 0.375. The molecule has 1 atom stereocenters. The van der Waals surface area contributed by atoms with Gasteiger partial charge in [0, 0.05) is 18.4 Å². The predicted octanol–water partition coefficient (Wildman–Crippen LogP) is 0.752. The number of aromatic nitrogens is 2. The number of aliphatic carboxylic acids is 1. The highest BCUT2D eigenvalue weighted by atomic mass is 16.4. The zero-order valence-electron chi connectivity index (χ0n) is 7.27. The quantitative estimate of drug-likeness (QED) is 0.717. The van der Waals surface area contributed by atoms with E-state index in [2.05, 4.69) is 15.3 Å². The third-order valence-corrected chi connectivity index (χ3v) is 1.42. The van der Waals surface area contributed by atoms with Crippen LogP contribution in [0.1, 0.15) is 13.3 Å². The SMILES string of the molecule is CC(CC(=O)O)Nc1ncccn1. The van der Waals surface area contributed by atoms with Crippen LogP contribution in [-0.2, 0) is 4.79 Å². The second-order valence-electron chi connectivity index (χ2n) is 2.72. The van der Waals surface area contributed by atoms with Crippen molar-refractivity contribution in [2.45, 2.75) is 19.4 Å². The maximum atomic E-state index is 10.3. The molecule has 0 radical (unpaired) electrons. The van der Waals surface area contributed by atoms with Gasteiger partial charge in [-0.2, -0.15) is 0 Å². The van der Waals surface area contributed by atoms with Gasteiger partial charge in [-0.15, -0.1) is 0 Å². The molecular formula is C8H11N3O2. The Labute approximate surface area is 75.8 Å². The molecule has 2 N–H and O–H groups in total. The summed E-state index contributed by atoms with van der Waals surface area (Å²) in [6.45, 7) is 1.77. The van der Waals surface area contributed by atoms with Gasteiger partial charge in [-0.05, 0) is 13.0 Å². The van der Waals surface area contributed by atoms with Crippen molar-refractivity contribution in [2.24, 2.45) is 0 Å². The summed E-state index contributed by atoms with van der Waals surface area (Å²) in [5.41, 5.74) is 0. The fourth-order valence-corrected chi connectivity index (χ4v) is 0.907. The first kappa shape index (κ1) is 9.44. The van der Waals surface area contributed by atoms with Gasteiger partial charge in [-0.3, -0.25) is 4.79 Å². The van der Waals surface area contributed by atoms with Gasteiger partial charge in [-0.1, -0.05) is 0 Å². The third-order valence-electron chi connectivity index (χ3n) is 1.42. The lowest BCUT2D eigenvalue weighted by Crippen LogP contribution is -2.20. The van der Waals surface area contributed by atoms with Gasteiger partial charge in [0.05, 0.1) is 6.42 Å². The molecule has 0 bridgehead atoms. The monoisotopic (exact) mass is 181 g/mol. The Hall–Kier alpha value is -1.65. The molecule has 1 aromatic heterocycles. The van der Waals surface area contributed by atoms with Crippen molar-refractivity contribution in [1.82, 2.24) is 9.97 Å². The predicted molar refractivity (Wildman–Crippen MR) is 47.4 cm³/mol. The topological polar surface area (TPSA) is 75.1 Å². The van der Waals surface area contributed by atoms with Crippen LogP contribution in [0.2, 0.25) is 0 Å². The third kappa shape index (κ3) is 3.50. The van der Waals surface area contributed by atoms with Crippen molar-refractivity contribution in [3.05, 3.63) is 18.5 Å². The highest BCUT2D eigenvalue weighted by molar-refractivity contribution is 5.67.